The molecule has 0 fully saturated rings. The van der Waals surface area contributed by atoms with Gasteiger partial charge in [-0.2, -0.15) is 0 Å². The van der Waals surface area contributed by atoms with E-state index in [0.717, 1.165) is 11.1 Å². The average Bonchev–Trinajstić information content (AvgIpc) is 3.20. The fourth-order valence-corrected chi connectivity index (χ4v) is 3.97. The van der Waals surface area contributed by atoms with Gasteiger partial charge >= 0.3 is 5.97 Å². The molecule has 0 aliphatic carbocycles. The van der Waals surface area contributed by atoms with Gasteiger partial charge in [-0.3, -0.25) is 9.59 Å². The van der Waals surface area contributed by atoms with Gasteiger partial charge in [-0.25, -0.2) is 0 Å². The number of phenolic OH excluding ortho intramolecular Hbond substituents is 2. The molecule has 2 unspecified atom stereocenters. The smallest absolute Gasteiger partial charge is 0.302 e. The van der Waals surface area contributed by atoms with E-state index in [1.165, 1.54) is 39.2 Å². The predicted molar refractivity (Wildman–Crippen MR) is 119 cm³/mol. The van der Waals surface area contributed by atoms with Crippen LogP contribution in [0.5, 0.6) is 17.2 Å². The van der Waals surface area contributed by atoms with Gasteiger partial charge in [-0.05, 0) is 49.2 Å². The normalized spacial score (nSPS) is 17.8. The van der Waals surface area contributed by atoms with Crippen molar-refractivity contribution in [3.8, 4) is 17.2 Å². The molecule has 0 radical (unpaired) electrons. The van der Waals surface area contributed by atoms with E-state index in [1.54, 1.807) is 24.5 Å². The molecule has 0 spiro atoms. The number of carbonyl (C=O) groups is 2. The first-order chi connectivity index (χ1) is 15.8. The molecule has 2 heterocycles. The van der Waals surface area contributed by atoms with Crippen molar-refractivity contribution in [3.63, 3.8) is 0 Å². The van der Waals surface area contributed by atoms with E-state index in [0.29, 0.717) is 28.9 Å². The van der Waals surface area contributed by atoms with E-state index in [9.17, 15) is 19.8 Å². The Labute approximate surface area is 190 Å². The third-order valence-electron chi connectivity index (χ3n) is 5.63. The fourth-order valence-electron chi connectivity index (χ4n) is 3.97. The third-order valence-corrected chi connectivity index (χ3v) is 5.63. The Balaban J connectivity index is 1.68. The number of rotatable bonds is 6. The molecule has 2 aromatic carbocycles. The molecule has 8 heteroatoms. The number of esters is 1. The number of benzene rings is 2. The molecule has 3 aromatic rings. The summed E-state index contributed by atoms with van der Waals surface area (Å²) in [5, 5.41) is 20.7. The lowest BCUT2D eigenvalue weighted by atomic mass is 9.87. The van der Waals surface area contributed by atoms with E-state index in [1.807, 2.05) is 0 Å². The molecule has 8 nitrogen and oxygen atoms in total. The first kappa shape index (κ1) is 22.3. The molecular formula is C25H24O8. The Hall–Kier alpha value is -3.94. The Morgan fingerprint density at radius 3 is 2.58 bits per heavy atom. The van der Waals surface area contributed by atoms with Crippen LogP contribution in [0.3, 0.4) is 0 Å². The van der Waals surface area contributed by atoms with Crippen LogP contribution < -0.4 is 4.74 Å². The van der Waals surface area contributed by atoms with E-state index < -0.39 is 12.1 Å². The van der Waals surface area contributed by atoms with Crippen LogP contribution in [0.1, 0.15) is 48.1 Å². The van der Waals surface area contributed by atoms with Gasteiger partial charge in [0.15, 0.2) is 17.3 Å². The van der Waals surface area contributed by atoms with Crippen molar-refractivity contribution >= 4 is 28.3 Å². The summed E-state index contributed by atoms with van der Waals surface area (Å²) in [6.45, 7) is 2.84. The van der Waals surface area contributed by atoms with Crippen LogP contribution >= 0.6 is 0 Å². The minimum Gasteiger partial charge on any atom is -0.507 e. The molecule has 1 aliphatic rings. The standard InChI is InChI=1S/C25H24O8/c1-13(26)19-10-23-16(7-21(19)29)9-22(33-23)17-6-18(12-31-14(2)27)25(32-11-17)15-4-5-20(28)24(8-15)30-3/h4-5,7-11,18,25,28-29H,6,12H2,1-3H3. The second kappa shape index (κ2) is 8.90. The van der Waals surface area contributed by atoms with Crippen molar-refractivity contribution in [3.05, 3.63) is 59.5 Å². The molecular weight excluding hydrogens is 428 g/mol. The van der Waals surface area contributed by atoms with Crippen molar-refractivity contribution in [2.45, 2.75) is 26.4 Å². The topological polar surface area (TPSA) is 115 Å². The highest BCUT2D eigenvalue weighted by Gasteiger charge is 2.32. The number of fused-ring (bicyclic) bond motifs is 1. The van der Waals surface area contributed by atoms with Gasteiger partial charge in [-0.1, -0.05) is 6.07 Å². The lowest BCUT2D eigenvalue weighted by Gasteiger charge is -2.31. The van der Waals surface area contributed by atoms with Crippen molar-refractivity contribution in [2.24, 2.45) is 5.92 Å². The van der Waals surface area contributed by atoms with Gasteiger partial charge in [0.05, 0.1) is 25.5 Å². The van der Waals surface area contributed by atoms with Crippen LogP contribution in [0.4, 0.5) is 0 Å². The number of carbonyl (C=O) groups excluding carboxylic acids is 2. The van der Waals surface area contributed by atoms with Gasteiger partial charge in [0, 0.05) is 23.8 Å². The summed E-state index contributed by atoms with van der Waals surface area (Å²) < 4.78 is 22.5. The van der Waals surface area contributed by atoms with E-state index in [2.05, 4.69) is 0 Å². The number of allylic oxidation sites excluding steroid dienone is 1. The molecule has 33 heavy (non-hydrogen) atoms. The summed E-state index contributed by atoms with van der Waals surface area (Å²) in [7, 11) is 1.46. The number of ketones is 1. The zero-order valence-corrected chi connectivity index (χ0v) is 18.5. The minimum atomic E-state index is -0.444. The van der Waals surface area contributed by atoms with Crippen LogP contribution in [-0.2, 0) is 14.3 Å². The van der Waals surface area contributed by atoms with E-state index in [-0.39, 0.29) is 35.4 Å². The van der Waals surface area contributed by atoms with Gasteiger partial charge in [-0.15, -0.1) is 0 Å². The average molecular weight is 452 g/mol. The highest BCUT2D eigenvalue weighted by molar-refractivity contribution is 6.00. The maximum absolute atomic E-state index is 11.7. The van der Waals surface area contributed by atoms with Crippen LogP contribution in [0.25, 0.3) is 16.5 Å². The Kier molecular flexibility index (Phi) is 6.00. The number of hydrogen-bond donors (Lipinski definition) is 2. The number of Topliss-reactive ketones (excluding diaryl/α,β-unsaturated/α-hetero) is 1. The number of ether oxygens (including phenoxy) is 3. The Morgan fingerprint density at radius 1 is 1.09 bits per heavy atom. The van der Waals surface area contributed by atoms with Gasteiger partial charge in [0.25, 0.3) is 0 Å². The molecule has 0 bridgehead atoms. The molecule has 172 valence electrons. The lowest BCUT2D eigenvalue weighted by Crippen LogP contribution is -2.24. The Morgan fingerprint density at radius 2 is 1.88 bits per heavy atom. The summed E-state index contributed by atoms with van der Waals surface area (Å²) in [6, 6.07) is 9.72. The van der Waals surface area contributed by atoms with Crippen LogP contribution in [0, 0.1) is 5.92 Å². The lowest BCUT2D eigenvalue weighted by molar-refractivity contribution is -0.143. The van der Waals surface area contributed by atoms with Crippen molar-refractivity contribution < 1.29 is 38.4 Å². The van der Waals surface area contributed by atoms with Gasteiger partial charge < -0.3 is 28.8 Å². The summed E-state index contributed by atoms with van der Waals surface area (Å²) in [4.78, 5) is 23.2. The molecule has 2 N–H and O–H groups in total. The zero-order valence-electron chi connectivity index (χ0n) is 18.5. The summed E-state index contributed by atoms with van der Waals surface area (Å²) in [5.41, 5.74) is 2.16. The van der Waals surface area contributed by atoms with Crippen molar-refractivity contribution in [1.29, 1.82) is 0 Å². The molecule has 2 atom stereocenters. The largest absolute Gasteiger partial charge is 0.507 e. The second-order valence-corrected chi connectivity index (χ2v) is 7.97. The number of hydrogen-bond acceptors (Lipinski definition) is 8. The third kappa shape index (κ3) is 4.50. The molecule has 1 aromatic heterocycles. The summed E-state index contributed by atoms with van der Waals surface area (Å²) >= 11 is 0. The Bertz CT molecular complexity index is 1250. The number of furan rings is 1. The highest BCUT2D eigenvalue weighted by atomic mass is 16.5. The maximum Gasteiger partial charge on any atom is 0.302 e. The monoisotopic (exact) mass is 452 g/mol. The van der Waals surface area contributed by atoms with E-state index in [4.69, 9.17) is 18.6 Å². The predicted octanol–water partition coefficient (Wildman–Crippen LogP) is 4.74. The van der Waals surface area contributed by atoms with Gasteiger partial charge in [0.2, 0.25) is 0 Å². The van der Waals surface area contributed by atoms with Crippen LogP contribution in [0.2, 0.25) is 0 Å². The molecule has 4 rings (SSSR count). The summed E-state index contributed by atoms with van der Waals surface area (Å²) in [5.74, 6) is -0.149. The quantitative estimate of drug-likeness (QED) is 0.407. The first-order valence-electron chi connectivity index (χ1n) is 10.4. The summed E-state index contributed by atoms with van der Waals surface area (Å²) in [6.07, 6.45) is 1.63. The van der Waals surface area contributed by atoms with Crippen molar-refractivity contribution in [2.75, 3.05) is 13.7 Å². The molecule has 0 saturated carbocycles. The van der Waals surface area contributed by atoms with E-state index >= 15 is 0 Å². The zero-order chi connectivity index (χ0) is 23.7. The minimum absolute atomic E-state index is 0.0142. The van der Waals surface area contributed by atoms with Crippen molar-refractivity contribution in [1.82, 2.24) is 0 Å². The van der Waals surface area contributed by atoms with Crippen LogP contribution in [0.15, 0.2) is 47.1 Å². The number of phenols is 2. The second-order valence-electron chi connectivity index (χ2n) is 7.97. The SMILES string of the molecule is COc1cc(C2OC=C(c3cc4cc(O)c(C(C)=O)cc4o3)CC2COC(C)=O)ccc1O. The highest BCUT2D eigenvalue weighted by Crippen LogP contribution is 2.42. The fraction of sp³-hybridized carbons (Fsp3) is 0.280. The maximum atomic E-state index is 11.7. The number of aromatic hydroxyl groups is 2. The molecule has 1 aliphatic heterocycles. The number of methoxy groups -OCH3 is 1. The molecule has 0 amide bonds. The van der Waals surface area contributed by atoms with Gasteiger partial charge in [0.1, 0.15) is 23.2 Å². The first-order valence-corrected chi connectivity index (χ1v) is 10.4. The molecule has 0 saturated heterocycles. The van der Waals surface area contributed by atoms with Crippen LogP contribution in [-0.4, -0.2) is 35.7 Å².